The molecule has 1 aromatic carbocycles. The maximum atomic E-state index is 11.8. The van der Waals surface area contributed by atoms with Crippen molar-refractivity contribution in [3.63, 3.8) is 0 Å². The lowest BCUT2D eigenvalue weighted by Crippen LogP contribution is -2.29. The van der Waals surface area contributed by atoms with Gasteiger partial charge in [-0.15, -0.1) is 0 Å². The summed E-state index contributed by atoms with van der Waals surface area (Å²) in [5.74, 6) is 0.238. The van der Waals surface area contributed by atoms with E-state index < -0.39 is 0 Å². The molecule has 1 aromatic rings. The number of rotatable bonds is 2. The highest BCUT2D eigenvalue weighted by Crippen LogP contribution is 2.33. The second-order valence-corrected chi connectivity index (χ2v) is 4.59. The number of carbonyl (C=O) groups is 1. The van der Waals surface area contributed by atoms with Gasteiger partial charge in [0.25, 0.3) is 0 Å². The summed E-state index contributed by atoms with van der Waals surface area (Å²) < 4.78 is 0. The molecule has 3 heteroatoms. The highest BCUT2D eigenvalue weighted by atomic mass is 35.5. The molecule has 2 nitrogen and oxygen atoms in total. The van der Waals surface area contributed by atoms with Gasteiger partial charge in [-0.3, -0.25) is 4.79 Å². The summed E-state index contributed by atoms with van der Waals surface area (Å²) in [4.78, 5) is 13.8. The van der Waals surface area contributed by atoms with Gasteiger partial charge in [0.2, 0.25) is 5.91 Å². The molecule has 0 spiro atoms. The highest BCUT2D eigenvalue weighted by Gasteiger charge is 2.28. The van der Waals surface area contributed by atoms with Gasteiger partial charge in [0.15, 0.2) is 0 Å². The van der Waals surface area contributed by atoms with Crippen LogP contribution in [0.3, 0.4) is 0 Å². The van der Waals surface area contributed by atoms with Crippen LogP contribution in [0.2, 0.25) is 5.02 Å². The molecule has 2 rings (SSSR count). The molecule has 0 N–H and O–H groups in total. The number of likely N-dealkylation sites (tertiary alicyclic amines) is 1. The van der Waals surface area contributed by atoms with E-state index in [2.05, 4.69) is 6.07 Å². The minimum absolute atomic E-state index is 0.228. The number of benzene rings is 1. The average Bonchev–Trinajstić information content (AvgIpc) is 2.77. The van der Waals surface area contributed by atoms with Gasteiger partial charge < -0.3 is 4.90 Å². The minimum atomic E-state index is 0.228. The molecule has 1 heterocycles. The largest absolute Gasteiger partial charge is 0.336 e. The van der Waals surface area contributed by atoms with Gasteiger partial charge in [0, 0.05) is 18.0 Å². The molecule has 0 aliphatic carbocycles. The zero-order valence-corrected chi connectivity index (χ0v) is 10.2. The van der Waals surface area contributed by atoms with Crippen molar-refractivity contribution in [2.75, 3.05) is 6.54 Å². The molecule has 0 bridgehead atoms. The van der Waals surface area contributed by atoms with Gasteiger partial charge in [-0.2, -0.15) is 0 Å². The van der Waals surface area contributed by atoms with Crippen LogP contribution in [0.4, 0.5) is 0 Å². The number of halogens is 1. The van der Waals surface area contributed by atoms with Gasteiger partial charge >= 0.3 is 0 Å². The van der Waals surface area contributed by atoms with E-state index in [0.29, 0.717) is 6.42 Å². The first-order valence-corrected chi connectivity index (χ1v) is 6.15. The zero-order valence-electron chi connectivity index (χ0n) is 9.45. The molecule has 1 amide bonds. The number of amides is 1. The summed E-state index contributed by atoms with van der Waals surface area (Å²) in [7, 11) is 0. The van der Waals surface area contributed by atoms with Crippen LogP contribution in [0, 0.1) is 0 Å². The molecule has 0 aromatic heterocycles. The molecule has 86 valence electrons. The summed E-state index contributed by atoms with van der Waals surface area (Å²) in [6.07, 6.45) is 2.71. The van der Waals surface area contributed by atoms with Crippen molar-refractivity contribution < 1.29 is 4.79 Å². The van der Waals surface area contributed by atoms with Crippen molar-refractivity contribution in [3.05, 3.63) is 34.9 Å². The Hall–Kier alpha value is -1.02. The third-order valence-electron chi connectivity index (χ3n) is 3.11. The summed E-state index contributed by atoms with van der Waals surface area (Å²) in [5.41, 5.74) is 1.16. The topological polar surface area (TPSA) is 20.3 Å². The summed E-state index contributed by atoms with van der Waals surface area (Å²) in [6, 6.07) is 8.06. The molecule has 1 aliphatic heterocycles. The van der Waals surface area contributed by atoms with Crippen molar-refractivity contribution in [2.24, 2.45) is 0 Å². The Morgan fingerprint density at radius 3 is 3.06 bits per heavy atom. The SMILES string of the molecule is CCC(=O)N1CCCC1c1cccc(Cl)c1. The Bertz CT molecular complexity index is 391. The maximum Gasteiger partial charge on any atom is 0.222 e. The molecule has 1 saturated heterocycles. The molecule has 16 heavy (non-hydrogen) atoms. The van der Waals surface area contributed by atoms with Crippen LogP contribution >= 0.6 is 11.6 Å². The fourth-order valence-electron chi connectivity index (χ4n) is 2.33. The predicted octanol–water partition coefficient (Wildman–Crippen LogP) is 3.41. The number of hydrogen-bond donors (Lipinski definition) is 0. The molecule has 1 fully saturated rings. The standard InChI is InChI=1S/C13H16ClNO/c1-2-13(16)15-8-4-7-12(15)10-5-3-6-11(14)9-10/h3,5-6,9,12H,2,4,7-8H2,1H3. The number of nitrogens with zero attached hydrogens (tertiary/aromatic N) is 1. The second-order valence-electron chi connectivity index (χ2n) is 4.15. The van der Waals surface area contributed by atoms with E-state index in [1.807, 2.05) is 30.0 Å². The Balaban J connectivity index is 2.23. The smallest absolute Gasteiger partial charge is 0.222 e. The number of carbonyl (C=O) groups excluding carboxylic acids is 1. The van der Waals surface area contributed by atoms with Gasteiger partial charge in [0.1, 0.15) is 0 Å². The van der Waals surface area contributed by atoms with Crippen LogP contribution < -0.4 is 0 Å². The first-order valence-electron chi connectivity index (χ1n) is 5.77. The Kier molecular flexibility index (Phi) is 3.49. The van der Waals surface area contributed by atoms with Crippen LogP contribution in [-0.2, 0) is 4.79 Å². The molecule has 0 saturated carbocycles. The van der Waals surface area contributed by atoms with Crippen LogP contribution in [-0.4, -0.2) is 17.4 Å². The lowest BCUT2D eigenvalue weighted by Gasteiger charge is -2.24. The zero-order chi connectivity index (χ0) is 11.5. The van der Waals surface area contributed by atoms with E-state index >= 15 is 0 Å². The van der Waals surface area contributed by atoms with Crippen LogP contribution in [0.1, 0.15) is 37.8 Å². The minimum Gasteiger partial charge on any atom is -0.336 e. The van der Waals surface area contributed by atoms with Gasteiger partial charge in [-0.1, -0.05) is 30.7 Å². The quantitative estimate of drug-likeness (QED) is 0.772. The van der Waals surface area contributed by atoms with Crippen molar-refractivity contribution in [2.45, 2.75) is 32.2 Å². The lowest BCUT2D eigenvalue weighted by molar-refractivity contribution is -0.131. The van der Waals surface area contributed by atoms with E-state index in [4.69, 9.17) is 11.6 Å². The van der Waals surface area contributed by atoms with E-state index in [1.54, 1.807) is 0 Å². The normalized spacial score (nSPS) is 20.1. The third kappa shape index (κ3) is 2.22. The van der Waals surface area contributed by atoms with Gasteiger partial charge in [-0.25, -0.2) is 0 Å². The Morgan fingerprint density at radius 2 is 2.38 bits per heavy atom. The van der Waals surface area contributed by atoms with Crippen molar-refractivity contribution in [3.8, 4) is 0 Å². The third-order valence-corrected chi connectivity index (χ3v) is 3.34. The molecule has 1 unspecified atom stereocenters. The second kappa shape index (κ2) is 4.88. The van der Waals surface area contributed by atoms with E-state index in [1.165, 1.54) is 0 Å². The van der Waals surface area contributed by atoms with Crippen LogP contribution in [0.25, 0.3) is 0 Å². The van der Waals surface area contributed by atoms with Gasteiger partial charge in [-0.05, 0) is 30.5 Å². The lowest BCUT2D eigenvalue weighted by atomic mass is 10.0. The average molecular weight is 238 g/mol. The Labute approximate surface area is 101 Å². The van der Waals surface area contributed by atoms with Crippen LogP contribution in [0.15, 0.2) is 24.3 Å². The maximum absolute atomic E-state index is 11.8. The highest BCUT2D eigenvalue weighted by molar-refractivity contribution is 6.30. The van der Waals surface area contributed by atoms with E-state index in [9.17, 15) is 4.79 Å². The fraction of sp³-hybridized carbons (Fsp3) is 0.462. The summed E-state index contributed by atoms with van der Waals surface area (Å²) in [6.45, 7) is 2.79. The predicted molar refractivity (Wildman–Crippen MR) is 65.4 cm³/mol. The summed E-state index contributed by atoms with van der Waals surface area (Å²) in [5, 5.41) is 0.744. The Morgan fingerprint density at radius 1 is 1.56 bits per heavy atom. The molecule has 1 aliphatic rings. The number of hydrogen-bond acceptors (Lipinski definition) is 1. The van der Waals surface area contributed by atoms with Crippen molar-refractivity contribution in [1.29, 1.82) is 0 Å². The monoisotopic (exact) mass is 237 g/mol. The molecule has 0 radical (unpaired) electrons. The molecule has 1 atom stereocenters. The van der Waals surface area contributed by atoms with Crippen molar-refractivity contribution in [1.82, 2.24) is 4.90 Å². The molecular formula is C13H16ClNO. The molecular weight excluding hydrogens is 222 g/mol. The first kappa shape index (κ1) is 11.5. The van der Waals surface area contributed by atoms with Crippen LogP contribution in [0.5, 0.6) is 0 Å². The first-order chi connectivity index (χ1) is 7.72. The summed E-state index contributed by atoms with van der Waals surface area (Å²) >= 11 is 5.98. The fourth-order valence-corrected chi connectivity index (χ4v) is 2.53. The van der Waals surface area contributed by atoms with Gasteiger partial charge in [0.05, 0.1) is 6.04 Å². The van der Waals surface area contributed by atoms with E-state index in [-0.39, 0.29) is 11.9 Å². The van der Waals surface area contributed by atoms with E-state index in [0.717, 1.165) is 30.0 Å². The van der Waals surface area contributed by atoms with Crippen molar-refractivity contribution >= 4 is 17.5 Å².